The molecule has 1 aromatic carbocycles. The third-order valence-corrected chi connectivity index (χ3v) is 2.83. The number of benzene rings is 1. The first-order chi connectivity index (χ1) is 7.91. The van der Waals surface area contributed by atoms with Crippen molar-refractivity contribution >= 4 is 11.0 Å². The molecule has 0 fully saturated rings. The van der Waals surface area contributed by atoms with E-state index >= 15 is 0 Å². The number of hydrogen-bond acceptors (Lipinski definition) is 3. The fraction of sp³-hybridized carbons (Fsp3) is 0.308. The normalized spacial score (nSPS) is 11.4. The standard InChI is InChI=1S/C13H13FO3/c1-6(2)9-4-8-5-10(14)11(15)7(3)12(8)17-13(9)16/h4-6,15H,1-3H3. The Kier molecular flexibility index (Phi) is 2.65. The number of fused-ring (bicyclic) bond motifs is 1. The first-order valence-electron chi connectivity index (χ1n) is 5.37. The molecular weight excluding hydrogens is 223 g/mol. The zero-order valence-corrected chi connectivity index (χ0v) is 9.87. The van der Waals surface area contributed by atoms with Crippen LogP contribution in [0.15, 0.2) is 21.3 Å². The van der Waals surface area contributed by atoms with Crippen molar-refractivity contribution in [1.82, 2.24) is 0 Å². The molecule has 0 atom stereocenters. The smallest absolute Gasteiger partial charge is 0.339 e. The van der Waals surface area contributed by atoms with Crippen LogP contribution in [0.4, 0.5) is 4.39 Å². The molecule has 17 heavy (non-hydrogen) atoms. The van der Waals surface area contributed by atoms with Gasteiger partial charge in [0.25, 0.3) is 0 Å². The quantitative estimate of drug-likeness (QED) is 0.774. The summed E-state index contributed by atoms with van der Waals surface area (Å²) in [6.45, 7) is 5.24. The summed E-state index contributed by atoms with van der Waals surface area (Å²) in [4.78, 5) is 11.7. The molecule has 0 aliphatic rings. The van der Waals surface area contributed by atoms with E-state index in [0.717, 1.165) is 0 Å². The van der Waals surface area contributed by atoms with Crippen molar-refractivity contribution in [2.45, 2.75) is 26.7 Å². The number of aryl methyl sites for hydroxylation is 1. The Hall–Kier alpha value is -1.84. The van der Waals surface area contributed by atoms with Crippen molar-refractivity contribution in [2.75, 3.05) is 0 Å². The first-order valence-corrected chi connectivity index (χ1v) is 5.37. The molecule has 0 radical (unpaired) electrons. The van der Waals surface area contributed by atoms with Crippen molar-refractivity contribution in [2.24, 2.45) is 0 Å². The van der Waals surface area contributed by atoms with Crippen LogP contribution in [0.25, 0.3) is 11.0 Å². The van der Waals surface area contributed by atoms with E-state index in [4.69, 9.17) is 4.42 Å². The molecule has 0 spiro atoms. The predicted molar refractivity (Wildman–Crippen MR) is 62.9 cm³/mol. The molecule has 0 bridgehead atoms. The van der Waals surface area contributed by atoms with Gasteiger partial charge in [-0.15, -0.1) is 0 Å². The molecule has 0 amide bonds. The highest BCUT2D eigenvalue weighted by molar-refractivity contribution is 5.82. The second kappa shape index (κ2) is 3.87. The molecule has 0 saturated heterocycles. The molecule has 0 saturated carbocycles. The molecule has 2 rings (SSSR count). The maximum absolute atomic E-state index is 13.4. The summed E-state index contributed by atoms with van der Waals surface area (Å²) in [6, 6.07) is 2.79. The van der Waals surface area contributed by atoms with Crippen molar-refractivity contribution < 1.29 is 13.9 Å². The zero-order valence-electron chi connectivity index (χ0n) is 9.87. The molecule has 1 heterocycles. The highest BCUT2D eigenvalue weighted by Crippen LogP contribution is 2.29. The minimum absolute atomic E-state index is 0.00724. The van der Waals surface area contributed by atoms with Gasteiger partial charge in [-0.05, 0) is 25.0 Å². The molecule has 3 nitrogen and oxygen atoms in total. The Morgan fingerprint density at radius 2 is 2.00 bits per heavy atom. The SMILES string of the molecule is Cc1c(O)c(F)cc2cc(C(C)C)c(=O)oc12. The maximum atomic E-state index is 13.4. The zero-order chi connectivity index (χ0) is 12.7. The van der Waals surface area contributed by atoms with E-state index in [-0.39, 0.29) is 17.1 Å². The lowest BCUT2D eigenvalue weighted by Gasteiger charge is -2.08. The average molecular weight is 236 g/mol. The van der Waals surface area contributed by atoms with Gasteiger partial charge in [-0.2, -0.15) is 0 Å². The van der Waals surface area contributed by atoms with E-state index in [1.165, 1.54) is 13.0 Å². The third kappa shape index (κ3) is 1.79. The van der Waals surface area contributed by atoms with E-state index in [9.17, 15) is 14.3 Å². The molecule has 2 aromatic rings. The molecule has 4 heteroatoms. The van der Waals surface area contributed by atoms with E-state index in [0.29, 0.717) is 10.9 Å². The van der Waals surface area contributed by atoms with Gasteiger partial charge in [0.05, 0.1) is 0 Å². The lowest BCUT2D eigenvalue weighted by atomic mass is 10.0. The largest absolute Gasteiger partial charge is 0.505 e. The van der Waals surface area contributed by atoms with Gasteiger partial charge >= 0.3 is 5.63 Å². The van der Waals surface area contributed by atoms with Crippen LogP contribution in [-0.4, -0.2) is 5.11 Å². The van der Waals surface area contributed by atoms with Crippen LogP contribution in [0.3, 0.4) is 0 Å². The number of rotatable bonds is 1. The lowest BCUT2D eigenvalue weighted by Crippen LogP contribution is -2.09. The van der Waals surface area contributed by atoms with E-state index in [2.05, 4.69) is 0 Å². The summed E-state index contributed by atoms with van der Waals surface area (Å²) in [6.07, 6.45) is 0. The molecule has 0 unspecified atom stereocenters. The second-order valence-electron chi connectivity index (χ2n) is 4.39. The Morgan fingerprint density at radius 1 is 1.35 bits per heavy atom. The van der Waals surface area contributed by atoms with Crippen molar-refractivity contribution in [1.29, 1.82) is 0 Å². The predicted octanol–water partition coefficient (Wildman–Crippen LogP) is 3.07. The fourth-order valence-electron chi connectivity index (χ4n) is 1.80. The van der Waals surface area contributed by atoms with Crippen LogP contribution >= 0.6 is 0 Å². The number of halogens is 1. The van der Waals surface area contributed by atoms with E-state index in [1.807, 2.05) is 13.8 Å². The van der Waals surface area contributed by atoms with Crippen LogP contribution in [-0.2, 0) is 0 Å². The topological polar surface area (TPSA) is 50.4 Å². The molecule has 90 valence electrons. The van der Waals surface area contributed by atoms with Gasteiger partial charge in [0, 0.05) is 16.5 Å². The lowest BCUT2D eigenvalue weighted by molar-refractivity contribution is 0.426. The minimum Gasteiger partial charge on any atom is -0.505 e. The molecule has 1 N–H and O–H groups in total. The first kappa shape index (κ1) is 11.6. The highest BCUT2D eigenvalue weighted by Gasteiger charge is 2.15. The summed E-state index contributed by atoms with van der Waals surface area (Å²) >= 11 is 0. The monoisotopic (exact) mass is 236 g/mol. The molecular formula is C13H13FO3. The van der Waals surface area contributed by atoms with Crippen molar-refractivity contribution in [3.05, 3.63) is 39.5 Å². The van der Waals surface area contributed by atoms with Crippen LogP contribution in [0.2, 0.25) is 0 Å². The highest BCUT2D eigenvalue weighted by atomic mass is 19.1. The van der Waals surface area contributed by atoms with Gasteiger partial charge in [0.15, 0.2) is 11.6 Å². The van der Waals surface area contributed by atoms with Crippen molar-refractivity contribution in [3.8, 4) is 5.75 Å². The molecule has 1 aromatic heterocycles. The Labute approximate surface area is 97.5 Å². The van der Waals surface area contributed by atoms with Gasteiger partial charge < -0.3 is 9.52 Å². The molecule has 0 aliphatic heterocycles. The Morgan fingerprint density at radius 3 is 2.59 bits per heavy atom. The van der Waals surface area contributed by atoms with Gasteiger partial charge in [-0.25, -0.2) is 9.18 Å². The number of phenols is 1. The van der Waals surface area contributed by atoms with E-state index < -0.39 is 17.2 Å². The van der Waals surface area contributed by atoms with Gasteiger partial charge in [-0.3, -0.25) is 0 Å². The third-order valence-electron chi connectivity index (χ3n) is 2.83. The second-order valence-corrected chi connectivity index (χ2v) is 4.39. The Balaban J connectivity index is 2.89. The summed E-state index contributed by atoms with van der Waals surface area (Å²) < 4.78 is 18.5. The van der Waals surface area contributed by atoms with Crippen LogP contribution < -0.4 is 5.63 Å². The summed E-state index contributed by atoms with van der Waals surface area (Å²) in [5.41, 5.74) is 0.536. The maximum Gasteiger partial charge on any atom is 0.339 e. The number of hydrogen-bond donors (Lipinski definition) is 1. The number of aromatic hydroxyl groups is 1. The number of phenolic OH excluding ortho intramolecular Hbond substituents is 1. The Bertz CT molecular complexity index is 641. The summed E-state index contributed by atoms with van der Waals surface area (Å²) in [5.74, 6) is -1.18. The fourth-order valence-corrected chi connectivity index (χ4v) is 1.80. The van der Waals surface area contributed by atoms with Gasteiger partial charge in [0.1, 0.15) is 5.58 Å². The van der Waals surface area contributed by atoms with Crippen LogP contribution in [0.5, 0.6) is 5.75 Å². The minimum atomic E-state index is -0.710. The van der Waals surface area contributed by atoms with Gasteiger partial charge in [0.2, 0.25) is 0 Å². The molecule has 0 aliphatic carbocycles. The van der Waals surface area contributed by atoms with E-state index in [1.54, 1.807) is 6.07 Å². The summed E-state index contributed by atoms with van der Waals surface area (Å²) in [7, 11) is 0. The van der Waals surface area contributed by atoms with Crippen LogP contribution in [0.1, 0.15) is 30.9 Å². The van der Waals surface area contributed by atoms with Crippen LogP contribution in [0, 0.1) is 12.7 Å². The summed E-state index contributed by atoms with van der Waals surface area (Å²) in [5, 5.41) is 9.92. The van der Waals surface area contributed by atoms with Crippen molar-refractivity contribution in [3.63, 3.8) is 0 Å². The average Bonchev–Trinajstić information content (AvgIpc) is 2.26. The van der Waals surface area contributed by atoms with Gasteiger partial charge in [-0.1, -0.05) is 13.8 Å².